The number of benzene rings is 2. The summed E-state index contributed by atoms with van der Waals surface area (Å²) >= 11 is 0. The van der Waals surface area contributed by atoms with E-state index in [1.807, 2.05) is 63.2 Å². The summed E-state index contributed by atoms with van der Waals surface area (Å²) in [6.45, 7) is 6.86. The van der Waals surface area contributed by atoms with Crippen LogP contribution in [0.5, 0.6) is 11.5 Å². The molecule has 146 valence electrons. The molecule has 2 aromatic carbocycles. The predicted octanol–water partition coefficient (Wildman–Crippen LogP) is 4.25. The van der Waals surface area contributed by atoms with Gasteiger partial charge in [0.05, 0.1) is 30.3 Å². The Kier molecular flexibility index (Phi) is 6.32. The molecule has 0 radical (unpaired) electrons. The first-order valence-corrected chi connectivity index (χ1v) is 9.43. The van der Waals surface area contributed by atoms with Gasteiger partial charge >= 0.3 is 0 Å². The van der Waals surface area contributed by atoms with Crippen LogP contribution >= 0.6 is 0 Å². The third kappa shape index (κ3) is 4.71. The van der Waals surface area contributed by atoms with E-state index in [1.54, 1.807) is 6.08 Å². The molecule has 0 saturated heterocycles. The number of nitrogens with zero attached hydrogens (tertiary/aromatic N) is 1. The average molecular weight is 379 g/mol. The summed E-state index contributed by atoms with van der Waals surface area (Å²) < 4.78 is 11.2. The minimum Gasteiger partial charge on any atom is -0.490 e. The van der Waals surface area contributed by atoms with E-state index in [0.717, 1.165) is 22.4 Å². The van der Waals surface area contributed by atoms with E-state index in [4.69, 9.17) is 9.47 Å². The Balaban J connectivity index is 1.66. The second-order valence-electron chi connectivity index (χ2n) is 6.28. The number of aromatic nitrogens is 2. The number of nitrogens with one attached hydrogen (secondary N) is 2. The van der Waals surface area contributed by atoms with Crippen molar-refractivity contribution in [1.82, 2.24) is 15.3 Å². The van der Waals surface area contributed by atoms with Crippen molar-refractivity contribution in [3.05, 3.63) is 59.9 Å². The van der Waals surface area contributed by atoms with Gasteiger partial charge in [0.1, 0.15) is 5.82 Å². The number of ether oxygens (including phenoxy) is 2. The molecule has 6 nitrogen and oxygen atoms in total. The van der Waals surface area contributed by atoms with Crippen LogP contribution in [-0.2, 0) is 4.79 Å². The highest BCUT2D eigenvalue weighted by molar-refractivity contribution is 5.92. The van der Waals surface area contributed by atoms with Crippen LogP contribution < -0.4 is 14.8 Å². The first kappa shape index (κ1) is 19.5. The van der Waals surface area contributed by atoms with Gasteiger partial charge in [0, 0.05) is 6.08 Å². The number of aromatic amines is 1. The van der Waals surface area contributed by atoms with Gasteiger partial charge in [0.15, 0.2) is 11.5 Å². The van der Waals surface area contributed by atoms with Crippen LogP contribution in [0.1, 0.15) is 38.2 Å². The fourth-order valence-electron chi connectivity index (χ4n) is 2.85. The molecule has 28 heavy (non-hydrogen) atoms. The highest BCUT2D eigenvalue weighted by Crippen LogP contribution is 2.29. The van der Waals surface area contributed by atoms with E-state index in [-0.39, 0.29) is 11.9 Å². The SMILES string of the molecule is CCOc1ccc(/C=C/C(=O)NC(C)c2nc3ccccc3[nH]2)cc1OCC. The summed E-state index contributed by atoms with van der Waals surface area (Å²) in [5.74, 6) is 1.90. The number of carbonyl (C=O) groups excluding carboxylic acids is 1. The first-order chi connectivity index (χ1) is 13.6. The van der Waals surface area contributed by atoms with Gasteiger partial charge in [0.25, 0.3) is 0 Å². The zero-order valence-corrected chi connectivity index (χ0v) is 16.4. The quantitative estimate of drug-likeness (QED) is 0.574. The third-order valence-electron chi connectivity index (χ3n) is 4.17. The molecule has 0 bridgehead atoms. The number of amides is 1. The smallest absolute Gasteiger partial charge is 0.244 e. The van der Waals surface area contributed by atoms with Crippen molar-refractivity contribution in [1.29, 1.82) is 0 Å². The summed E-state index contributed by atoms with van der Waals surface area (Å²) in [4.78, 5) is 20.1. The molecule has 0 spiro atoms. The molecular weight excluding hydrogens is 354 g/mol. The first-order valence-electron chi connectivity index (χ1n) is 9.43. The third-order valence-corrected chi connectivity index (χ3v) is 4.17. The Bertz CT molecular complexity index is 945. The second-order valence-corrected chi connectivity index (χ2v) is 6.28. The number of hydrogen-bond donors (Lipinski definition) is 2. The number of rotatable bonds is 8. The van der Waals surface area contributed by atoms with E-state index in [9.17, 15) is 4.79 Å². The zero-order chi connectivity index (χ0) is 19.9. The minimum absolute atomic E-state index is 0.195. The zero-order valence-electron chi connectivity index (χ0n) is 16.4. The molecule has 3 rings (SSSR count). The maximum absolute atomic E-state index is 12.3. The normalized spacial score (nSPS) is 12.2. The number of carbonyl (C=O) groups is 1. The highest BCUT2D eigenvalue weighted by Gasteiger charge is 2.12. The Labute approximate surface area is 164 Å². The predicted molar refractivity (Wildman–Crippen MR) is 110 cm³/mol. The van der Waals surface area contributed by atoms with Crippen LogP contribution in [0.25, 0.3) is 17.1 Å². The Morgan fingerprint density at radius 2 is 1.89 bits per heavy atom. The largest absolute Gasteiger partial charge is 0.490 e. The molecule has 0 saturated carbocycles. The van der Waals surface area contributed by atoms with Crippen LogP contribution in [0, 0.1) is 0 Å². The van der Waals surface area contributed by atoms with Crippen molar-refractivity contribution in [2.45, 2.75) is 26.8 Å². The van der Waals surface area contributed by atoms with Gasteiger partial charge in [-0.25, -0.2) is 4.98 Å². The van der Waals surface area contributed by atoms with Crippen LogP contribution in [0.15, 0.2) is 48.5 Å². The van der Waals surface area contributed by atoms with Crippen molar-refractivity contribution >= 4 is 23.0 Å². The molecule has 0 aliphatic carbocycles. The summed E-state index contributed by atoms with van der Waals surface area (Å²) in [5.41, 5.74) is 2.69. The molecule has 1 unspecified atom stereocenters. The highest BCUT2D eigenvalue weighted by atomic mass is 16.5. The molecule has 2 N–H and O–H groups in total. The molecular formula is C22H25N3O3. The van der Waals surface area contributed by atoms with Gasteiger partial charge in [-0.15, -0.1) is 0 Å². The van der Waals surface area contributed by atoms with Crippen LogP contribution in [0.4, 0.5) is 0 Å². The van der Waals surface area contributed by atoms with E-state index >= 15 is 0 Å². The van der Waals surface area contributed by atoms with Gasteiger partial charge in [-0.2, -0.15) is 0 Å². The molecule has 0 aliphatic heterocycles. The monoisotopic (exact) mass is 379 g/mol. The van der Waals surface area contributed by atoms with Gasteiger partial charge in [0.2, 0.25) is 5.91 Å². The van der Waals surface area contributed by atoms with Crippen molar-refractivity contribution in [3.63, 3.8) is 0 Å². The Morgan fingerprint density at radius 3 is 2.64 bits per heavy atom. The van der Waals surface area contributed by atoms with E-state index in [0.29, 0.717) is 24.7 Å². The maximum Gasteiger partial charge on any atom is 0.244 e. The molecule has 6 heteroatoms. The molecule has 1 aromatic heterocycles. The molecule has 1 amide bonds. The summed E-state index contributed by atoms with van der Waals surface area (Å²) in [7, 11) is 0. The van der Waals surface area contributed by atoms with Crippen molar-refractivity contribution in [2.75, 3.05) is 13.2 Å². The van der Waals surface area contributed by atoms with Gasteiger partial charge in [-0.1, -0.05) is 18.2 Å². The number of H-pyrrole nitrogens is 1. The fraction of sp³-hybridized carbons (Fsp3) is 0.273. The minimum atomic E-state index is -0.233. The van der Waals surface area contributed by atoms with Crippen LogP contribution in [-0.4, -0.2) is 29.1 Å². The number of hydrogen-bond acceptors (Lipinski definition) is 4. The second kappa shape index (κ2) is 9.08. The Hall–Kier alpha value is -3.28. The van der Waals surface area contributed by atoms with Gasteiger partial charge < -0.3 is 19.8 Å². The average Bonchev–Trinajstić information content (AvgIpc) is 3.13. The lowest BCUT2D eigenvalue weighted by molar-refractivity contribution is -0.117. The van der Waals surface area contributed by atoms with Gasteiger partial charge in [-0.05, 0) is 56.7 Å². The Morgan fingerprint density at radius 1 is 1.14 bits per heavy atom. The van der Waals surface area contributed by atoms with E-state index in [2.05, 4.69) is 15.3 Å². The molecule has 0 fully saturated rings. The maximum atomic E-state index is 12.3. The molecule has 3 aromatic rings. The molecule has 0 aliphatic rings. The summed E-state index contributed by atoms with van der Waals surface area (Å²) in [6.07, 6.45) is 3.25. The molecule has 1 heterocycles. The summed E-state index contributed by atoms with van der Waals surface area (Å²) in [6, 6.07) is 13.2. The topological polar surface area (TPSA) is 76.2 Å². The number of para-hydroxylation sites is 2. The number of imidazole rings is 1. The van der Waals surface area contributed by atoms with Crippen molar-refractivity contribution in [3.8, 4) is 11.5 Å². The van der Waals surface area contributed by atoms with Crippen molar-refractivity contribution < 1.29 is 14.3 Å². The van der Waals surface area contributed by atoms with Crippen LogP contribution in [0.3, 0.4) is 0 Å². The fourth-order valence-corrected chi connectivity index (χ4v) is 2.85. The van der Waals surface area contributed by atoms with Gasteiger partial charge in [-0.3, -0.25) is 4.79 Å². The van der Waals surface area contributed by atoms with Crippen molar-refractivity contribution in [2.24, 2.45) is 0 Å². The van der Waals surface area contributed by atoms with Crippen LogP contribution in [0.2, 0.25) is 0 Å². The van der Waals surface area contributed by atoms with E-state index < -0.39 is 0 Å². The lowest BCUT2D eigenvalue weighted by atomic mass is 10.2. The standard InChI is InChI=1S/C22H25N3O3/c1-4-27-19-12-10-16(14-20(19)28-5-2)11-13-21(26)23-15(3)22-24-17-8-6-7-9-18(17)25-22/h6-15H,4-5H2,1-3H3,(H,23,26)(H,24,25)/b13-11+. The lowest BCUT2D eigenvalue weighted by Gasteiger charge is -2.11. The summed E-state index contributed by atoms with van der Waals surface area (Å²) in [5, 5.41) is 2.92. The van der Waals surface area contributed by atoms with E-state index in [1.165, 1.54) is 6.08 Å². The molecule has 1 atom stereocenters. The lowest BCUT2D eigenvalue weighted by Crippen LogP contribution is -2.25. The number of fused-ring (bicyclic) bond motifs is 1.